The maximum absolute atomic E-state index is 5.45. The second-order valence-corrected chi connectivity index (χ2v) is 5.29. The molecule has 2 fully saturated rings. The van der Waals surface area contributed by atoms with E-state index in [0.717, 1.165) is 37.9 Å². The van der Waals surface area contributed by atoms with Gasteiger partial charge in [0, 0.05) is 38.1 Å². The molecule has 18 heavy (non-hydrogen) atoms. The molecule has 3 rings (SSSR count). The first-order valence-corrected chi connectivity index (χ1v) is 6.82. The molecule has 1 aromatic heterocycles. The highest BCUT2D eigenvalue weighted by atomic mass is 16.5. The summed E-state index contributed by atoms with van der Waals surface area (Å²) in [6, 6.07) is 5.51. The van der Waals surface area contributed by atoms with Crippen molar-refractivity contribution < 1.29 is 4.74 Å². The molecular weight excluding hydrogens is 226 g/mol. The molecular formula is C14H21N3O. The van der Waals surface area contributed by atoms with Crippen molar-refractivity contribution in [3.05, 3.63) is 24.0 Å². The van der Waals surface area contributed by atoms with Crippen LogP contribution in [0, 0.1) is 0 Å². The summed E-state index contributed by atoms with van der Waals surface area (Å²) in [5, 5.41) is 3.50. The SMILES string of the molecule is CN(c1ccnc(CNC2CC2)c1)C1CCOC1. The molecule has 1 saturated carbocycles. The smallest absolute Gasteiger partial charge is 0.0670 e. The van der Waals surface area contributed by atoms with Crippen molar-refractivity contribution in [1.29, 1.82) is 0 Å². The minimum absolute atomic E-state index is 0.511. The van der Waals surface area contributed by atoms with E-state index in [9.17, 15) is 0 Å². The van der Waals surface area contributed by atoms with Crippen LogP contribution in [-0.2, 0) is 11.3 Å². The average Bonchev–Trinajstić information content (AvgIpc) is 3.08. The third-order valence-corrected chi connectivity index (χ3v) is 3.81. The van der Waals surface area contributed by atoms with E-state index in [1.54, 1.807) is 0 Å². The van der Waals surface area contributed by atoms with E-state index < -0.39 is 0 Å². The predicted octanol–water partition coefficient (Wildman–Crippen LogP) is 1.56. The quantitative estimate of drug-likeness (QED) is 0.857. The molecule has 2 heterocycles. The van der Waals surface area contributed by atoms with E-state index in [4.69, 9.17) is 4.74 Å². The van der Waals surface area contributed by atoms with Gasteiger partial charge in [0.05, 0.1) is 18.3 Å². The van der Waals surface area contributed by atoms with Crippen LogP contribution in [0.1, 0.15) is 25.0 Å². The first-order valence-electron chi connectivity index (χ1n) is 6.82. The van der Waals surface area contributed by atoms with Crippen LogP contribution in [0.5, 0.6) is 0 Å². The largest absolute Gasteiger partial charge is 0.379 e. The Bertz CT molecular complexity index is 400. The molecule has 1 atom stereocenters. The van der Waals surface area contributed by atoms with E-state index in [1.165, 1.54) is 18.5 Å². The molecule has 2 aliphatic rings. The molecule has 1 N–H and O–H groups in total. The fraction of sp³-hybridized carbons (Fsp3) is 0.643. The molecule has 4 heteroatoms. The summed E-state index contributed by atoms with van der Waals surface area (Å²) in [6.07, 6.45) is 5.66. The second-order valence-electron chi connectivity index (χ2n) is 5.29. The summed E-state index contributed by atoms with van der Waals surface area (Å²) in [7, 11) is 2.15. The number of hydrogen-bond donors (Lipinski definition) is 1. The molecule has 1 aliphatic heterocycles. The molecule has 0 amide bonds. The standard InChI is InChI=1S/C14H21N3O/c1-17(14-5-7-18-10-14)13-4-6-15-12(8-13)9-16-11-2-3-11/h4,6,8,11,14,16H,2-3,5,7,9-10H2,1H3. The normalized spacial score (nSPS) is 23.3. The zero-order valence-electron chi connectivity index (χ0n) is 10.9. The Labute approximate surface area is 108 Å². The molecule has 0 spiro atoms. The Balaban J connectivity index is 1.64. The summed E-state index contributed by atoms with van der Waals surface area (Å²) in [6.45, 7) is 2.61. The summed E-state index contributed by atoms with van der Waals surface area (Å²) in [4.78, 5) is 6.74. The highest BCUT2D eigenvalue weighted by molar-refractivity contribution is 5.47. The van der Waals surface area contributed by atoms with Crippen LogP contribution in [0.15, 0.2) is 18.3 Å². The van der Waals surface area contributed by atoms with Gasteiger partial charge in [-0.15, -0.1) is 0 Å². The van der Waals surface area contributed by atoms with Crippen LogP contribution < -0.4 is 10.2 Å². The third-order valence-electron chi connectivity index (χ3n) is 3.81. The first kappa shape index (κ1) is 11.9. The molecule has 0 bridgehead atoms. The van der Waals surface area contributed by atoms with Crippen molar-refractivity contribution in [3.63, 3.8) is 0 Å². The molecule has 1 saturated heterocycles. The lowest BCUT2D eigenvalue weighted by atomic mass is 10.2. The van der Waals surface area contributed by atoms with Crippen LogP contribution in [-0.4, -0.2) is 37.3 Å². The van der Waals surface area contributed by atoms with Crippen LogP contribution in [0.2, 0.25) is 0 Å². The van der Waals surface area contributed by atoms with Gasteiger partial charge in [0.2, 0.25) is 0 Å². The van der Waals surface area contributed by atoms with Crippen molar-refractivity contribution in [3.8, 4) is 0 Å². The van der Waals surface area contributed by atoms with Gasteiger partial charge in [-0.2, -0.15) is 0 Å². The average molecular weight is 247 g/mol. The maximum Gasteiger partial charge on any atom is 0.0670 e. The Morgan fingerprint density at radius 2 is 2.33 bits per heavy atom. The number of ether oxygens (including phenoxy) is 1. The number of likely N-dealkylation sites (N-methyl/N-ethyl adjacent to an activating group) is 1. The molecule has 1 aliphatic carbocycles. The highest BCUT2D eigenvalue weighted by Crippen LogP contribution is 2.22. The zero-order chi connectivity index (χ0) is 12.4. The fourth-order valence-electron chi connectivity index (χ4n) is 2.36. The van der Waals surface area contributed by atoms with Crippen LogP contribution in [0.25, 0.3) is 0 Å². The van der Waals surface area contributed by atoms with E-state index >= 15 is 0 Å². The zero-order valence-corrected chi connectivity index (χ0v) is 10.9. The van der Waals surface area contributed by atoms with Gasteiger partial charge in [-0.05, 0) is 31.4 Å². The lowest BCUT2D eigenvalue weighted by molar-refractivity contribution is 0.193. The number of nitrogens with one attached hydrogen (secondary N) is 1. The monoisotopic (exact) mass is 247 g/mol. The number of pyridine rings is 1. The Morgan fingerprint density at radius 1 is 1.44 bits per heavy atom. The number of anilines is 1. The Morgan fingerprint density at radius 3 is 3.06 bits per heavy atom. The minimum atomic E-state index is 0.511. The van der Waals surface area contributed by atoms with Gasteiger partial charge in [0.15, 0.2) is 0 Å². The van der Waals surface area contributed by atoms with Gasteiger partial charge in [-0.25, -0.2) is 0 Å². The second kappa shape index (κ2) is 5.24. The summed E-state index contributed by atoms with van der Waals surface area (Å²) >= 11 is 0. The molecule has 0 aromatic carbocycles. The highest BCUT2D eigenvalue weighted by Gasteiger charge is 2.22. The number of rotatable bonds is 5. The van der Waals surface area contributed by atoms with Gasteiger partial charge >= 0.3 is 0 Å². The lowest BCUT2D eigenvalue weighted by Crippen LogP contribution is -2.31. The minimum Gasteiger partial charge on any atom is -0.379 e. The van der Waals surface area contributed by atoms with Gasteiger partial charge in [-0.3, -0.25) is 4.98 Å². The van der Waals surface area contributed by atoms with E-state index in [-0.39, 0.29) is 0 Å². The number of hydrogen-bond acceptors (Lipinski definition) is 4. The first-order chi connectivity index (χ1) is 8.83. The van der Waals surface area contributed by atoms with Crippen molar-refractivity contribution in [2.75, 3.05) is 25.2 Å². The van der Waals surface area contributed by atoms with Gasteiger partial charge < -0.3 is 15.0 Å². The third kappa shape index (κ3) is 2.82. The Hall–Kier alpha value is -1.13. The van der Waals surface area contributed by atoms with Crippen molar-refractivity contribution >= 4 is 5.69 Å². The molecule has 0 radical (unpaired) electrons. The Kier molecular flexibility index (Phi) is 3.48. The molecule has 4 nitrogen and oxygen atoms in total. The topological polar surface area (TPSA) is 37.4 Å². The lowest BCUT2D eigenvalue weighted by Gasteiger charge is -2.25. The van der Waals surface area contributed by atoms with Gasteiger partial charge in [-0.1, -0.05) is 0 Å². The van der Waals surface area contributed by atoms with Crippen LogP contribution in [0.3, 0.4) is 0 Å². The summed E-state index contributed by atoms with van der Waals surface area (Å²) in [5.74, 6) is 0. The molecule has 98 valence electrons. The van der Waals surface area contributed by atoms with E-state index in [0.29, 0.717) is 6.04 Å². The van der Waals surface area contributed by atoms with E-state index in [1.807, 2.05) is 6.20 Å². The van der Waals surface area contributed by atoms with Crippen molar-refractivity contribution in [2.45, 2.75) is 37.9 Å². The molecule has 1 aromatic rings. The van der Waals surface area contributed by atoms with Gasteiger partial charge in [0.25, 0.3) is 0 Å². The van der Waals surface area contributed by atoms with E-state index in [2.05, 4.69) is 34.4 Å². The van der Waals surface area contributed by atoms with Crippen molar-refractivity contribution in [2.24, 2.45) is 0 Å². The number of nitrogens with zero attached hydrogens (tertiary/aromatic N) is 2. The predicted molar refractivity (Wildman–Crippen MR) is 71.7 cm³/mol. The maximum atomic E-state index is 5.45. The van der Waals surface area contributed by atoms with Crippen LogP contribution in [0.4, 0.5) is 5.69 Å². The van der Waals surface area contributed by atoms with Gasteiger partial charge in [0.1, 0.15) is 0 Å². The van der Waals surface area contributed by atoms with Crippen LogP contribution >= 0.6 is 0 Å². The van der Waals surface area contributed by atoms with Crippen molar-refractivity contribution in [1.82, 2.24) is 10.3 Å². The fourth-order valence-corrected chi connectivity index (χ4v) is 2.36. The number of aromatic nitrogens is 1. The summed E-state index contributed by atoms with van der Waals surface area (Å²) in [5.41, 5.74) is 2.37. The summed E-state index contributed by atoms with van der Waals surface area (Å²) < 4.78 is 5.45. The molecule has 1 unspecified atom stereocenters.